The fraction of sp³-hybridized carbons (Fsp3) is 0.333. The number of hydrogen-bond acceptors (Lipinski definition) is 7. The zero-order valence-electron chi connectivity index (χ0n) is 20.1. The molecular weight excluding hydrogens is 444 g/mol. The number of nitrogens with zero attached hydrogens (tertiary/aromatic N) is 3. The van der Waals surface area contributed by atoms with E-state index >= 15 is 0 Å². The number of carbonyl (C=O) groups is 1. The van der Waals surface area contributed by atoms with Crippen molar-refractivity contribution in [3.8, 4) is 28.6 Å². The van der Waals surface area contributed by atoms with Gasteiger partial charge >= 0.3 is 0 Å². The Morgan fingerprint density at radius 2 is 1.77 bits per heavy atom. The van der Waals surface area contributed by atoms with Gasteiger partial charge in [-0.15, -0.1) is 0 Å². The molecule has 1 saturated heterocycles. The van der Waals surface area contributed by atoms with E-state index in [0.29, 0.717) is 31.3 Å². The first-order valence-electron chi connectivity index (χ1n) is 11.9. The second kappa shape index (κ2) is 10.2. The summed E-state index contributed by atoms with van der Waals surface area (Å²) in [6, 6.07) is 17.6. The number of amides is 1. The van der Waals surface area contributed by atoms with Gasteiger partial charge in [0.25, 0.3) is 0 Å². The van der Waals surface area contributed by atoms with Crippen molar-refractivity contribution in [1.82, 2.24) is 14.8 Å². The molecular formula is C27H30N4O4. The SMILES string of the molecule is COc1nc(-c2cccc3c2OCCO3)ccc1Nc1ccc(CC(=O)N2CCN(C)CC2)cc1. The molecule has 2 aliphatic heterocycles. The lowest BCUT2D eigenvalue weighted by atomic mass is 10.1. The average Bonchev–Trinajstić information content (AvgIpc) is 2.90. The van der Waals surface area contributed by atoms with Gasteiger partial charge in [0.2, 0.25) is 11.8 Å². The quantitative estimate of drug-likeness (QED) is 0.585. The summed E-state index contributed by atoms with van der Waals surface area (Å²) in [5.74, 6) is 2.09. The summed E-state index contributed by atoms with van der Waals surface area (Å²) in [5.41, 5.74) is 4.24. The van der Waals surface area contributed by atoms with Crippen LogP contribution in [0.25, 0.3) is 11.3 Å². The maximum Gasteiger partial charge on any atom is 0.238 e. The number of carbonyl (C=O) groups excluding carboxylic acids is 1. The van der Waals surface area contributed by atoms with Crippen molar-refractivity contribution in [1.29, 1.82) is 0 Å². The van der Waals surface area contributed by atoms with Crippen molar-refractivity contribution in [3.63, 3.8) is 0 Å². The molecule has 5 rings (SSSR count). The number of hydrogen-bond donors (Lipinski definition) is 1. The second-order valence-corrected chi connectivity index (χ2v) is 8.77. The van der Waals surface area contributed by atoms with Gasteiger partial charge in [0, 0.05) is 37.4 Å². The van der Waals surface area contributed by atoms with Gasteiger partial charge in [0.15, 0.2) is 11.5 Å². The summed E-state index contributed by atoms with van der Waals surface area (Å²) in [6.45, 7) is 4.50. The minimum atomic E-state index is 0.178. The molecule has 0 unspecified atom stereocenters. The van der Waals surface area contributed by atoms with Crippen LogP contribution in [0.1, 0.15) is 5.56 Å². The molecule has 35 heavy (non-hydrogen) atoms. The van der Waals surface area contributed by atoms with Crippen molar-refractivity contribution in [2.45, 2.75) is 6.42 Å². The van der Waals surface area contributed by atoms with Gasteiger partial charge in [0.05, 0.1) is 19.2 Å². The predicted molar refractivity (Wildman–Crippen MR) is 135 cm³/mol. The number of likely N-dealkylation sites (N-methyl/N-ethyl adjacent to an activating group) is 1. The van der Waals surface area contributed by atoms with Gasteiger partial charge in [-0.1, -0.05) is 18.2 Å². The van der Waals surface area contributed by atoms with Crippen LogP contribution in [-0.4, -0.2) is 74.2 Å². The van der Waals surface area contributed by atoms with E-state index in [1.165, 1.54) is 0 Å². The van der Waals surface area contributed by atoms with Gasteiger partial charge in [-0.05, 0) is 49.0 Å². The molecule has 3 heterocycles. The molecule has 1 aromatic heterocycles. The minimum Gasteiger partial charge on any atom is -0.486 e. The first kappa shape index (κ1) is 23.0. The Kier molecular flexibility index (Phi) is 6.72. The lowest BCUT2D eigenvalue weighted by Crippen LogP contribution is -2.47. The molecule has 2 aromatic carbocycles. The number of methoxy groups -OCH3 is 1. The van der Waals surface area contributed by atoms with E-state index in [1.54, 1.807) is 7.11 Å². The van der Waals surface area contributed by atoms with E-state index in [9.17, 15) is 4.79 Å². The molecule has 0 bridgehead atoms. The summed E-state index contributed by atoms with van der Waals surface area (Å²) in [5, 5.41) is 3.37. The van der Waals surface area contributed by atoms with Crippen LogP contribution in [0.3, 0.4) is 0 Å². The van der Waals surface area contributed by atoms with E-state index in [0.717, 1.165) is 60.1 Å². The van der Waals surface area contributed by atoms with Crippen molar-refractivity contribution < 1.29 is 19.0 Å². The minimum absolute atomic E-state index is 0.178. The lowest BCUT2D eigenvalue weighted by Gasteiger charge is -2.32. The van der Waals surface area contributed by atoms with Crippen molar-refractivity contribution in [2.75, 3.05) is 58.9 Å². The molecule has 0 spiro atoms. The number of ether oxygens (including phenoxy) is 3. The molecule has 0 saturated carbocycles. The van der Waals surface area contributed by atoms with Gasteiger partial charge in [-0.3, -0.25) is 4.79 Å². The summed E-state index contributed by atoms with van der Waals surface area (Å²) in [6.07, 6.45) is 0.413. The molecule has 0 aliphatic carbocycles. The number of nitrogens with one attached hydrogen (secondary N) is 1. The fourth-order valence-electron chi connectivity index (χ4n) is 4.32. The second-order valence-electron chi connectivity index (χ2n) is 8.77. The number of para-hydroxylation sites is 1. The Balaban J connectivity index is 1.28. The van der Waals surface area contributed by atoms with Gasteiger partial charge in [-0.25, -0.2) is 4.98 Å². The maximum absolute atomic E-state index is 12.6. The number of benzene rings is 2. The van der Waals surface area contributed by atoms with Crippen LogP contribution in [0.2, 0.25) is 0 Å². The van der Waals surface area contributed by atoms with Crippen LogP contribution in [-0.2, 0) is 11.2 Å². The van der Waals surface area contributed by atoms with Crippen LogP contribution in [0, 0.1) is 0 Å². The first-order chi connectivity index (χ1) is 17.1. The highest BCUT2D eigenvalue weighted by Crippen LogP contribution is 2.40. The molecule has 0 atom stereocenters. The van der Waals surface area contributed by atoms with Crippen LogP contribution in [0.15, 0.2) is 54.6 Å². The molecule has 2 aliphatic rings. The molecule has 3 aromatic rings. The lowest BCUT2D eigenvalue weighted by molar-refractivity contribution is -0.132. The third kappa shape index (κ3) is 5.17. The van der Waals surface area contributed by atoms with Crippen molar-refractivity contribution in [3.05, 3.63) is 60.2 Å². The van der Waals surface area contributed by atoms with Crippen LogP contribution in [0.5, 0.6) is 17.4 Å². The molecule has 1 N–H and O–H groups in total. The molecule has 8 nitrogen and oxygen atoms in total. The van der Waals surface area contributed by atoms with Crippen molar-refractivity contribution >= 4 is 17.3 Å². The summed E-state index contributed by atoms with van der Waals surface area (Å²) in [7, 11) is 3.69. The number of aromatic nitrogens is 1. The van der Waals surface area contributed by atoms with E-state index < -0.39 is 0 Å². The summed E-state index contributed by atoms with van der Waals surface area (Å²) in [4.78, 5) is 21.5. The van der Waals surface area contributed by atoms with E-state index in [4.69, 9.17) is 19.2 Å². The zero-order chi connectivity index (χ0) is 24.2. The predicted octanol–water partition coefficient (Wildman–Crippen LogP) is 3.59. The van der Waals surface area contributed by atoms with Crippen LogP contribution < -0.4 is 19.5 Å². The Bertz CT molecular complexity index is 1190. The largest absolute Gasteiger partial charge is 0.486 e. The Morgan fingerprint density at radius 1 is 1.00 bits per heavy atom. The Labute approximate surface area is 205 Å². The highest BCUT2D eigenvalue weighted by Gasteiger charge is 2.20. The molecule has 182 valence electrons. The third-order valence-electron chi connectivity index (χ3n) is 6.34. The summed E-state index contributed by atoms with van der Waals surface area (Å²) < 4.78 is 17.1. The molecule has 8 heteroatoms. The van der Waals surface area contributed by atoms with Gasteiger partial charge in [0.1, 0.15) is 18.9 Å². The van der Waals surface area contributed by atoms with Gasteiger partial charge < -0.3 is 29.3 Å². The van der Waals surface area contributed by atoms with Crippen LogP contribution >= 0.6 is 0 Å². The molecule has 1 amide bonds. The number of pyridine rings is 1. The topological polar surface area (TPSA) is 76.2 Å². The highest BCUT2D eigenvalue weighted by molar-refractivity contribution is 5.79. The van der Waals surface area contributed by atoms with E-state index in [-0.39, 0.29) is 5.91 Å². The molecule has 1 fully saturated rings. The molecule has 0 radical (unpaired) electrons. The normalized spacial score (nSPS) is 15.5. The standard InChI is InChI=1S/C27H30N4O4/c1-30-12-14-31(15-13-30)25(32)18-19-6-8-20(9-7-19)28-23-11-10-22(29-27(23)33-2)21-4-3-5-24-26(21)35-17-16-34-24/h3-11,28H,12-18H2,1-2H3. The van der Waals surface area contributed by atoms with Crippen LogP contribution in [0.4, 0.5) is 11.4 Å². The summed E-state index contributed by atoms with van der Waals surface area (Å²) >= 11 is 0. The Hall–Kier alpha value is -3.78. The van der Waals surface area contributed by atoms with Crippen molar-refractivity contribution in [2.24, 2.45) is 0 Å². The number of anilines is 2. The number of piperazine rings is 1. The first-order valence-corrected chi connectivity index (χ1v) is 11.9. The third-order valence-corrected chi connectivity index (χ3v) is 6.34. The highest BCUT2D eigenvalue weighted by atomic mass is 16.6. The van der Waals surface area contributed by atoms with Gasteiger partial charge in [-0.2, -0.15) is 0 Å². The van der Waals surface area contributed by atoms with E-state index in [1.807, 2.05) is 59.5 Å². The average molecular weight is 475 g/mol. The van der Waals surface area contributed by atoms with E-state index in [2.05, 4.69) is 17.3 Å². The Morgan fingerprint density at radius 3 is 2.54 bits per heavy atom. The monoisotopic (exact) mass is 474 g/mol. The fourth-order valence-corrected chi connectivity index (χ4v) is 4.32. The number of fused-ring (bicyclic) bond motifs is 1. The smallest absolute Gasteiger partial charge is 0.238 e. The maximum atomic E-state index is 12.6. The number of rotatable bonds is 6. The zero-order valence-corrected chi connectivity index (χ0v) is 20.1.